The van der Waals surface area contributed by atoms with Gasteiger partial charge in [-0.25, -0.2) is 0 Å². The summed E-state index contributed by atoms with van der Waals surface area (Å²) >= 11 is 12.1. The molecule has 2 atom stereocenters. The summed E-state index contributed by atoms with van der Waals surface area (Å²) in [6, 6.07) is 4.87. The van der Waals surface area contributed by atoms with Crippen LogP contribution in [0.25, 0.3) is 0 Å². The van der Waals surface area contributed by atoms with Crippen LogP contribution in [0.2, 0.25) is 10.0 Å². The number of carbonyl (C=O) groups excluding carboxylic acids is 2. The quantitative estimate of drug-likeness (QED) is 0.926. The second-order valence-electron chi connectivity index (χ2n) is 5.51. The van der Waals surface area contributed by atoms with Gasteiger partial charge in [-0.05, 0) is 38.0 Å². The van der Waals surface area contributed by atoms with Crippen LogP contribution in [-0.4, -0.2) is 28.8 Å². The van der Waals surface area contributed by atoms with Crippen molar-refractivity contribution >= 4 is 35.0 Å². The molecule has 0 radical (unpaired) electrons. The number of benzene rings is 1. The third-order valence-electron chi connectivity index (χ3n) is 4.05. The highest BCUT2D eigenvalue weighted by Gasteiger charge is 2.43. The fourth-order valence-corrected chi connectivity index (χ4v) is 3.07. The second-order valence-corrected chi connectivity index (χ2v) is 6.35. The van der Waals surface area contributed by atoms with Gasteiger partial charge in [0.15, 0.2) is 0 Å². The van der Waals surface area contributed by atoms with Crippen LogP contribution in [0.15, 0.2) is 18.2 Å². The maximum absolute atomic E-state index is 12.7. The van der Waals surface area contributed by atoms with Crippen LogP contribution in [0.4, 0.5) is 0 Å². The van der Waals surface area contributed by atoms with Crippen molar-refractivity contribution in [3.05, 3.63) is 33.8 Å². The number of hydrogen-bond acceptors (Lipinski definition) is 2. The predicted molar refractivity (Wildman–Crippen MR) is 83.4 cm³/mol. The van der Waals surface area contributed by atoms with Crippen LogP contribution in [0.3, 0.4) is 0 Å². The lowest BCUT2D eigenvalue weighted by Crippen LogP contribution is -2.65. The number of amides is 2. The molecule has 21 heavy (non-hydrogen) atoms. The Bertz CT molecular complexity index is 591. The van der Waals surface area contributed by atoms with E-state index < -0.39 is 5.54 Å². The van der Waals surface area contributed by atoms with Crippen LogP contribution < -0.4 is 5.32 Å². The molecule has 1 fully saturated rings. The Morgan fingerprint density at radius 1 is 1.38 bits per heavy atom. The molecule has 2 amide bonds. The van der Waals surface area contributed by atoms with E-state index in [1.807, 2.05) is 13.8 Å². The van der Waals surface area contributed by atoms with Crippen molar-refractivity contribution in [2.45, 2.75) is 38.8 Å². The summed E-state index contributed by atoms with van der Waals surface area (Å²) in [6.45, 7) is 5.52. The van der Waals surface area contributed by atoms with E-state index in [1.54, 1.807) is 30.0 Å². The average Bonchev–Trinajstić information content (AvgIpc) is 2.42. The van der Waals surface area contributed by atoms with Crippen LogP contribution in [-0.2, 0) is 9.59 Å². The summed E-state index contributed by atoms with van der Waals surface area (Å²) in [4.78, 5) is 26.1. The van der Waals surface area contributed by atoms with Crippen molar-refractivity contribution in [1.82, 2.24) is 10.2 Å². The molecule has 6 heteroatoms. The molecule has 0 bridgehead atoms. The Hall–Kier alpha value is -1.26. The van der Waals surface area contributed by atoms with Gasteiger partial charge in [0.2, 0.25) is 11.8 Å². The van der Waals surface area contributed by atoms with E-state index in [4.69, 9.17) is 23.2 Å². The van der Waals surface area contributed by atoms with Crippen molar-refractivity contribution in [3.63, 3.8) is 0 Å². The summed E-state index contributed by atoms with van der Waals surface area (Å²) in [5, 5.41) is 3.80. The molecule has 4 nitrogen and oxygen atoms in total. The van der Waals surface area contributed by atoms with E-state index in [2.05, 4.69) is 5.32 Å². The number of hydrogen-bond donors (Lipinski definition) is 1. The van der Waals surface area contributed by atoms with Crippen molar-refractivity contribution in [1.29, 1.82) is 0 Å². The molecule has 1 aliphatic rings. The molecule has 1 N–H and O–H groups in total. The first-order valence-corrected chi connectivity index (χ1v) is 7.61. The van der Waals surface area contributed by atoms with E-state index in [0.717, 1.165) is 5.56 Å². The van der Waals surface area contributed by atoms with E-state index >= 15 is 0 Å². The van der Waals surface area contributed by atoms with Gasteiger partial charge in [0.25, 0.3) is 0 Å². The summed E-state index contributed by atoms with van der Waals surface area (Å²) in [7, 11) is 0. The lowest BCUT2D eigenvalue weighted by atomic mass is 9.92. The fraction of sp³-hybridized carbons (Fsp3) is 0.467. The Balaban J connectivity index is 2.35. The average molecular weight is 329 g/mol. The zero-order chi connectivity index (χ0) is 15.8. The first kappa shape index (κ1) is 16.1. The number of carbonyl (C=O) groups is 2. The number of rotatable bonds is 3. The smallest absolute Gasteiger partial charge is 0.248 e. The van der Waals surface area contributed by atoms with E-state index in [1.165, 1.54) is 0 Å². The van der Waals surface area contributed by atoms with Gasteiger partial charge in [-0.2, -0.15) is 0 Å². The maximum Gasteiger partial charge on any atom is 0.248 e. The number of halogens is 2. The van der Waals surface area contributed by atoms with Gasteiger partial charge in [0.05, 0.1) is 6.04 Å². The molecule has 1 aliphatic heterocycles. The van der Waals surface area contributed by atoms with Crippen LogP contribution in [0.5, 0.6) is 0 Å². The number of nitrogens with zero attached hydrogens (tertiary/aromatic N) is 1. The molecule has 1 aromatic carbocycles. The number of piperazine rings is 1. The minimum absolute atomic E-state index is 0.0363. The molecule has 1 aromatic rings. The van der Waals surface area contributed by atoms with Gasteiger partial charge in [-0.3, -0.25) is 9.59 Å². The predicted octanol–water partition coefficient (Wildman–Crippen LogP) is 3.18. The lowest BCUT2D eigenvalue weighted by Gasteiger charge is -2.42. The molecule has 2 unspecified atom stereocenters. The molecule has 0 aromatic heterocycles. The summed E-state index contributed by atoms with van der Waals surface area (Å²) in [5.41, 5.74) is -0.0785. The summed E-state index contributed by atoms with van der Waals surface area (Å²) < 4.78 is 0. The highest BCUT2D eigenvalue weighted by Crippen LogP contribution is 2.32. The van der Waals surface area contributed by atoms with Crippen molar-refractivity contribution in [2.24, 2.45) is 0 Å². The lowest BCUT2D eigenvalue weighted by molar-refractivity contribution is -0.151. The van der Waals surface area contributed by atoms with Crippen molar-refractivity contribution in [3.8, 4) is 0 Å². The van der Waals surface area contributed by atoms with Crippen molar-refractivity contribution < 1.29 is 9.59 Å². The second kappa shape index (κ2) is 5.85. The third kappa shape index (κ3) is 3.01. The molecule has 0 saturated carbocycles. The highest BCUT2D eigenvalue weighted by atomic mass is 35.5. The Kier molecular flexibility index (Phi) is 4.49. The Morgan fingerprint density at radius 2 is 2.05 bits per heavy atom. The van der Waals surface area contributed by atoms with Gasteiger partial charge in [0.1, 0.15) is 12.1 Å². The SMILES string of the molecule is CCC1(C)NC(=O)CN(C(C)c2ccc(Cl)cc2Cl)C1=O. The zero-order valence-corrected chi connectivity index (χ0v) is 13.8. The molecular weight excluding hydrogens is 311 g/mol. The Morgan fingerprint density at radius 3 is 2.62 bits per heavy atom. The van der Waals surface area contributed by atoms with Crippen molar-refractivity contribution in [2.75, 3.05) is 6.54 Å². The Labute approximate surface area is 134 Å². The largest absolute Gasteiger partial charge is 0.340 e. The van der Waals surface area contributed by atoms with Crippen LogP contribution >= 0.6 is 23.2 Å². The van der Waals surface area contributed by atoms with Crippen LogP contribution in [0.1, 0.15) is 38.8 Å². The van der Waals surface area contributed by atoms with Crippen LogP contribution in [0, 0.1) is 0 Å². The topological polar surface area (TPSA) is 49.4 Å². The molecule has 0 spiro atoms. The fourth-order valence-electron chi connectivity index (χ4n) is 2.50. The van der Waals surface area contributed by atoms with E-state index in [-0.39, 0.29) is 24.4 Å². The molecule has 1 saturated heterocycles. The van der Waals surface area contributed by atoms with Gasteiger partial charge in [0, 0.05) is 10.0 Å². The van der Waals surface area contributed by atoms with Gasteiger partial charge in [-0.1, -0.05) is 36.2 Å². The van der Waals surface area contributed by atoms with Gasteiger partial charge < -0.3 is 10.2 Å². The first-order chi connectivity index (χ1) is 9.78. The van der Waals surface area contributed by atoms with Gasteiger partial charge in [-0.15, -0.1) is 0 Å². The third-order valence-corrected chi connectivity index (χ3v) is 4.61. The standard InChI is InChI=1S/C15H18Cl2N2O2/c1-4-15(3)14(21)19(8-13(20)18-15)9(2)11-6-5-10(16)7-12(11)17/h5-7,9H,4,8H2,1-3H3,(H,18,20). The highest BCUT2D eigenvalue weighted by molar-refractivity contribution is 6.35. The minimum Gasteiger partial charge on any atom is -0.340 e. The zero-order valence-electron chi connectivity index (χ0n) is 12.2. The maximum atomic E-state index is 12.7. The monoisotopic (exact) mass is 328 g/mol. The minimum atomic E-state index is -0.859. The molecule has 0 aliphatic carbocycles. The first-order valence-electron chi connectivity index (χ1n) is 6.85. The number of nitrogens with one attached hydrogen (secondary N) is 1. The molecule has 114 valence electrons. The molecule has 2 rings (SSSR count). The normalized spacial score (nSPS) is 24.0. The molecular formula is C15H18Cl2N2O2. The van der Waals surface area contributed by atoms with Gasteiger partial charge >= 0.3 is 0 Å². The summed E-state index contributed by atoms with van der Waals surface area (Å²) in [5.74, 6) is -0.251. The molecule has 1 heterocycles. The van der Waals surface area contributed by atoms with E-state index in [9.17, 15) is 9.59 Å². The summed E-state index contributed by atoms with van der Waals surface area (Å²) in [6.07, 6.45) is 0.537. The van der Waals surface area contributed by atoms with E-state index in [0.29, 0.717) is 16.5 Å².